The lowest BCUT2D eigenvalue weighted by atomic mass is 10.3. The molecule has 0 amide bonds. The molecule has 0 aromatic rings. The Kier molecular flexibility index (Phi) is 8.00. The Balaban J connectivity index is 0.000000211. The second-order valence-electron chi connectivity index (χ2n) is 5.76. The molecule has 0 saturated heterocycles. The summed E-state index contributed by atoms with van der Waals surface area (Å²) in [6.07, 6.45) is 9.91. The van der Waals surface area contributed by atoms with Crippen LogP contribution in [-0.2, 0) is 0 Å². The summed E-state index contributed by atoms with van der Waals surface area (Å²) in [7, 11) is 4.07. The van der Waals surface area contributed by atoms with Crippen LogP contribution < -0.4 is 0 Å². The molecule has 2 aliphatic heterocycles. The Labute approximate surface area is 128 Å². The van der Waals surface area contributed by atoms with Gasteiger partial charge in [0.05, 0.1) is 19.4 Å². The summed E-state index contributed by atoms with van der Waals surface area (Å²) in [6, 6.07) is 0. The molecule has 2 rings (SSSR count). The third kappa shape index (κ3) is 7.82. The van der Waals surface area contributed by atoms with Gasteiger partial charge in [0.1, 0.15) is 0 Å². The third-order valence-corrected chi connectivity index (χ3v) is 3.23. The van der Waals surface area contributed by atoms with Crippen LogP contribution in [0.2, 0.25) is 0 Å². The van der Waals surface area contributed by atoms with Crippen LogP contribution in [0.3, 0.4) is 0 Å². The first kappa shape index (κ1) is 17.7. The topological polar surface area (TPSA) is 53.4 Å². The van der Waals surface area contributed by atoms with Gasteiger partial charge in [-0.1, -0.05) is 0 Å². The number of rotatable bonds is 6. The molecule has 2 heterocycles. The van der Waals surface area contributed by atoms with Gasteiger partial charge in [0.2, 0.25) is 0 Å². The molecule has 0 saturated carbocycles. The molecule has 0 fully saturated rings. The molecule has 0 aliphatic carbocycles. The van der Waals surface area contributed by atoms with Crippen LogP contribution in [0, 0.1) is 0 Å². The molecule has 122 valence electrons. The maximum Gasteiger partial charge on any atom is 0.0891 e. The fourth-order valence-corrected chi connectivity index (χ4v) is 2.21. The van der Waals surface area contributed by atoms with Gasteiger partial charge in [0.25, 0.3) is 0 Å². The highest BCUT2D eigenvalue weighted by Crippen LogP contribution is 2.05. The first-order chi connectivity index (χ1) is 10.0. The summed E-state index contributed by atoms with van der Waals surface area (Å²) in [5.74, 6) is 0. The quantitative estimate of drug-likeness (QED) is 0.696. The van der Waals surface area contributed by atoms with E-state index in [0.717, 1.165) is 39.3 Å². The first-order valence-corrected chi connectivity index (χ1v) is 7.55. The van der Waals surface area contributed by atoms with Crippen molar-refractivity contribution in [1.29, 1.82) is 0 Å². The van der Waals surface area contributed by atoms with Crippen LogP contribution in [0.5, 0.6) is 0 Å². The van der Waals surface area contributed by atoms with E-state index in [4.69, 9.17) is 10.2 Å². The Hall–Kier alpha value is -1.40. The number of hydrogen-bond acceptors (Lipinski definition) is 6. The Bertz CT molecular complexity index is 334. The predicted octanol–water partition coefficient (Wildman–Crippen LogP) is 0.478. The zero-order valence-corrected chi connectivity index (χ0v) is 13.5. The van der Waals surface area contributed by atoms with E-state index < -0.39 is 0 Å². The number of aliphatic hydroxyl groups excluding tert-OH is 2. The molecule has 0 aromatic heterocycles. The maximum absolute atomic E-state index is 9.00. The lowest BCUT2D eigenvalue weighted by molar-refractivity contribution is 0.142. The summed E-state index contributed by atoms with van der Waals surface area (Å²) in [4.78, 5) is 8.53. The number of hydrogen-bond donors (Lipinski definition) is 2. The summed E-state index contributed by atoms with van der Waals surface area (Å²) < 4.78 is 0. The molecule has 0 aromatic carbocycles. The molecule has 6 nitrogen and oxygen atoms in total. The van der Waals surface area contributed by atoms with Gasteiger partial charge in [-0.3, -0.25) is 0 Å². The van der Waals surface area contributed by atoms with Crippen molar-refractivity contribution in [2.24, 2.45) is 0 Å². The summed E-state index contributed by atoms with van der Waals surface area (Å²) in [5.41, 5.74) is 0. The van der Waals surface area contributed by atoms with E-state index in [1.807, 2.05) is 19.4 Å². The summed E-state index contributed by atoms with van der Waals surface area (Å²) in [5, 5.41) is 17.6. The summed E-state index contributed by atoms with van der Waals surface area (Å²) in [6.45, 7) is 5.78. The molecular formula is C15H30N4O2. The zero-order valence-electron chi connectivity index (χ0n) is 13.5. The van der Waals surface area contributed by atoms with Gasteiger partial charge in [-0.05, 0) is 19.8 Å². The minimum absolute atomic E-state index is 0.240. The molecule has 0 radical (unpaired) electrons. The molecule has 2 aliphatic rings. The Morgan fingerprint density at radius 3 is 1.95 bits per heavy atom. The van der Waals surface area contributed by atoms with Crippen molar-refractivity contribution in [3.05, 3.63) is 24.8 Å². The highest BCUT2D eigenvalue weighted by atomic mass is 16.3. The Morgan fingerprint density at radius 1 is 0.952 bits per heavy atom. The average molecular weight is 298 g/mol. The highest BCUT2D eigenvalue weighted by molar-refractivity contribution is 4.89. The lowest BCUT2D eigenvalue weighted by Crippen LogP contribution is -2.28. The fourth-order valence-electron chi connectivity index (χ4n) is 2.21. The van der Waals surface area contributed by atoms with Crippen LogP contribution in [0.25, 0.3) is 0 Å². The van der Waals surface area contributed by atoms with E-state index in [2.05, 4.69) is 39.0 Å². The van der Waals surface area contributed by atoms with E-state index in [1.54, 1.807) is 6.92 Å². The van der Waals surface area contributed by atoms with Gasteiger partial charge in [0, 0.05) is 58.6 Å². The lowest BCUT2D eigenvalue weighted by Gasteiger charge is -2.19. The highest BCUT2D eigenvalue weighted by Gasteiger charge is 2.09. The van der Waals surface area contributed by atoms with E-state index in [-0.39, 0.29) is 6.10 Å². The second kappa shape index (κ2) is 9.52. The van der Waals surface area contributed by atoms with E-state index in [9.17, 15) is 0 Å². The molecule has 21 heavy (non-hydrogen) atoms. The van der Waals surface area contributed by atoms with Crippen molar-refractivity contribution in [2.75, 3.05) is 47.1 Å². The summed E-state index contributed by atoms with van der Waals surface area (Å²) >= 11 is 0. The van der Waals surface area contributed by atoms with Crippen molar-refractivity contribution in [1.82, 2.24) is 19.6 Å². The Morgan fingerprint density at radius 2 is 1.52 bits per heavy atom. The van der Waals surface area contributed by atoms with Crippen LogP contribution in [-0.4, -0.2) is 83.0 Å². The molecule has 6 heteroatoms. The van der Waals surface area contributed by atoms with E-state index in [0.29, 0.717) is 6.61 Å². The van der Waals surface area contributed by atoms with Crippen LogP contribution >= 0.6 is 0 Å². The van der Waals surface area contributed by atoms with Crippen molar-refractivity contribution in [3.63, 3.8) is 0 Å². The first-order valence-electron chi connectivity index (χ1n) is 7.55. The van der Waals surface area contributed by atoms with Crippen molar-refractivity contribution < 1.29 is 10.2 Å². The fraction of sp³-hybridized carbons (Fsp3) is 0.733. The van der Waals surface area contributed by atoms with Crippen LogP contribution in [0.15, 0.2) is 24.8 Å². The van der Waals surface area contributed by atoms with Crippen LogP contribution in [0.4, 0.5) is 0 Å². The number of nitrogens with zero attached hydrogens (tertiary/aromatic N) is 4. The van der Waals surface area contributed by atoms with Gasteiger partial charge < -0.3 is 29.8 Å². The minimum Gasteiger partial charge on any atom is -0.396 e. The predicted molar refractivity (Wildman–Crippen MR) is 85.0 cm³/mol. The largest absolute Gasteiger partial charge is 0.396 e. The van der Waals surface area contributed by atoms with Crippen molar-refractivity contribution >= 4 is 0 Å². The molecule has 1 unspecified atom stereocenters. The average Bonchev–Trinajstić information content (AvgIpc) is 2.99. The van der Waals surface area contributed by atoms with Gasteiger partial charge in [-0.15, -0.1) is 0 Å². The molecule has 1 atom stereocenters. The maximum atomic E-state index is 9.00. The van der Waals surface area contributed by atoms with Gasteiger partial charge in [-0.2, -0.15) is 0 Å². The van der Waals surface area contributed by atoms with Crippen molar-refractivity contribution in [3.8, 4) is 0 Å². The molecule has 2 N–H and O–H groups in total. The minimum atomic E-state index is -0.240. The number of unbranched alkanes of at least 4 members (excludes halogenated alkanes) is 1. The van der Waals surface area contributed by atoms with Crippen molar-refractivity contribution in [2.45, 2.75) is 25.9 Å². The van der Waals surface area contributed by atoms with E-state index in [1.165, 1.54) is 0 Å². The molecule has 0 bridgehead atoms. The monoisotopic (exact) mass is 298 g/mol. The van der Waals surface area contributed by atoms with E-state index >= 15 is 0 Å². The number of aliphatic hydroxyl groups is 2. The molecule has 0 spiro atoms. The standard InChI is InChI=1S/C8H16N2O.C7H14N2O/c1-9-5-6-10(8-9)4-2-3-7-11;1-7(10)5-9-4-3-8(2)6-9/h5-6,11H,2-4,7-8H2,1H3;3-4,7,10H,5-6H2,1-2H3. The SMILES string of the molecule is CC(O)CN1C=CN(C)C1.CN1C=CN(CCCCO)C1. The second-order valence-corrected chi connectivity index (χ2v) is 5.76. The third-order valence-electron chi connectivity index (χ3n) is 3.23. The van der Waals surface area contributed by atoms with Gasteiger partial charge in [0.15, 0.2) is 0 Å². The van der Waals surface area contributed by atoms with Crippen LogP contribution in [0.1, 0.15) is 19.8 Å². The normalized spacial score (nSPS) is 18.3. The smallest absolute Gasteiger partial charge is 0.0891 e. The molecular weight excluding hydrogens is 268 g/mol. The number of β-amino-alcohol motifs (C(OH)–C–C–N with tert-alkyl or cyclic N) is 1. The zero-order chi connectivity index (χ0) is 15.7. The van der Waals surface area contributed by atoms with Gasteiger partial charge in [-0.25, -0.2) is 0 Å². The van der Waals surface area contributed by atoms with Gasteiger partial charge >= 0.3 is 0 Å².